The van der Waals surface area contributed by atoms with Crippen LogP contribution in [0.15, 0.2) is 11.0 Å². The molecule has 1 aromatic heterocycles. The van der Waals surface area contributed by atoms with Crippen LogP contribution in [0.3, 0.4) is 0 Å². The van der Waals surface area contributed by atoms with Crippen LogP contribution in [0.25, 0.3) is 0 Å². The Morgan fingerprint density at radius 1 is 1.18 bits per heavy atom. The van der Waals surface area contributed by atoms with Gasteiger partial charge < -0.3 is 19.7 Å². The van der Waals surface area contributed by atoms with Gasteiger partial charge in [0.25, 0.3) is 11.3 Å². The quantitative estimate of drug-likeness (QED) is 0.779. The lowest BCUT2D eigenvalue weighted by Gasteiger charge is -2.50. The summed E-state index contributed by atoms with van der Waals surface area (Å²) in [6, 6.07) is 0.598. The second-order valence-electron chi connectivity index (χ2n) is 6.49. The van der Waals surface area contributed by atoms with Crippen LogP contribution in [-0.2, 0) is 6.54 Å². The molecule has 0 aromatic carbocycles. The van der Waals surface area contributed by atoms with Crippen molar-refractivity contribution in [3.05, 3.63) is 22.1 Å². The fourth-order valence-corrected chi connectivity index (χ4v) is 3.74. The molecule has 118 valence electrons. The van der Waals surface area contributed by atoms with Crippen LogP contribution in [0.1, 0.15) is 36.7 Å². The van der Waals surface area contributed by atoms with E-state index in [4.69, 9.17) is 0 Å². The van der Waals surface area contributed by atoms with Gasteiger partial charge >= 0.3 is 0 Å². The Hall–Kier alpha value is -2.02. The van der Waals surface area contributed by atoms with Crippen LogP contribution < -0.4 is 5.43 Å². The van der Waals surface area contributed by atoms with E-state index in [0.29, 0.717) is 12.6 Å². The third-order valence-corrected chi connectivity index (χ3v) is 5.03. The van der Waals surface area contributed by atoms with E-state index >= 15 is 0 Å². The maximum absolute atomic E-state index is 12.8. The normalized spacial score (nSPS) is 28.4. The van der Waals surface area contributed by atoms with Gasteiger partial charge in [0.2, 0.25) is 0 Å². The van der Waals surface area contributed by atoms with Gasteiger partial charge in [0.05, 0.1) is 12.7 Å². The number of nitrogens with zero attached hydrogens (tertiary/aromatic N) is 3. The van der Waals surface area contributed by atoms with Crippen molar-refractivity contribution in [1.29, 1.82) is 0 Å². The Balaban J connectivity index is 1.83. The molecule has 2 atom stereocenters. The van der Waals surface area contributed by atoms with Gasteiger partial charge in [-0.3, -0.25) is 14.5 Å². The summed E-state index contributed by atoms with van der Waals surface area (Å²) < 4.78 is 1.52. The van der Waals surface area contributed by atoms with Gasteiger partial charge in [-0.05, 0) is 26.2 Å². The van der Waals surface area contributed by atoms with E-state index in [-0.39, 0.29) is 23.8 Å². The molecule has 0 spiro atoms. The van der Waals surface area contributed by atoms with Gasteiger partial charge in [-0.15, -0.1) is 0 Å². The summed E-state index contributed by atoms with van der Waals surface area (Å²) in [7, 11) is 0. The van der Waals surface area contributed by atoms with Crippen molar-refractivity contribution in [2.75, 3.05) is 6.54 Å². The van der Waals surface area contributed by atoms with Crippen molar-refractivity contribution in [2.45, 2.75) is 51.0 Å². The molecule has 1 saturated heterocycles. The van der Waals surface area contributed by atoms with E-state index in [9.17, 15) is 19.8 Å². The van der Waals surface area contributed by atoms with Gasteiger partial charge in [0.15, 0.2) is 17.2 Å². The van der Waals surface area contributed by atoms with E-state index in [1.54, 1.807) is 4.90 Å². The van der Waals surface area contributed by atoms with Crippen LogP contribution in [-0.4, -0.2) is 55.3 Å². The van der Waals surface area contributed by atoms with E-state index in [1.165, 1.54) is 10.8 Å². The highest BCUT2D eigenvalue weighted by atomic mass is 16.3. The van der Waals surface area contributed by atoms with Gasteiger partial charge in [-0.1, -0.05) is 0 Å². The molecular formula is C15H19N3O4. The van der Waals surface area contributed by atoms with Crippen LogP contribution in [0.2, 0.25) is 0 Å². The van der Waals surface area contributed by atoms with Crippen LogP contribution in [0.4, 0.5) is 0 Å². The molecule has 7 nitrogen and oxygen atoms in total. The first-order valence-corrected chi connectivity index (χ1v) is 7.73. The van der Waals surface area contributed by atoms with Crippen molar-refractivity contribution >= 4 is 5.91 Å². The molecule has 1 aliphatic carbocycles. The predicted molar refractivity (Wildman–Crippen MR) is 77.8 cm³/mol. The van der Waals surface area contributed by atoms with E-state index in [1.807, 2.05) is 6.92 Å². The number of amides is 1. The summed E-state index contributed by atoms with van der Waals surface area (Å²) in [6.45, 7) is 3.41. The Kier molecular flexibility index (Phi) is 2.78. The molecule has 2 aliphatic heterocycles. The molecule has 0 radical (unpaired) electrons. The molecule has 1 amide bonds. The minimum absolute atomic E-state index is 0.0106. The lowest BCUT2D eigenvalue weighted by Crippen LogP contribution is -2.64. The monoisotopic (exact) mass is 305 g/mol. The molecule has 0 unspecified atom stereocenters. The number of aromatic hydroxyl groups is 2. The van der Waals surface area contributed by atoms with Gasteiger partial charge in [0, 0.05) is 18.6 Å². The first-order chi connectivity index (χ1) is 10.5. The summed E-state index contributed by atoms with van der Waals surface area (Å²) >= 11 is 0. The van der Waals surface area contributed by atoms with Gasteiger partial charge in [0.1, 0.15) is 6.17 Å². The number of hydrogen-bond donors (Lipinski definition) is 2. The fourth-order valence-electron chi connectivity index (χ4n) is 3.74. The lowest BCUT2D eigenvalue weighted by atomic mass is 10.0. The fraction of sp³-hybridized carbons (Fsp3) is 0.600. The third kappa shape index (κ3) is 1.78. The smallest absolute Gasteiger partial charge is 0.276 e. The number of carbonyl (C=O) groups excluding carboxylic acids is 1. The Morgan fingerprint density at radius 3 is 2.59 bits per heavy atom. The molecule has 7 heteroatoms. The third-order valence-electron chi connectivity index (χ3n) is 5.03. The van der Waals surface area contributed by atoms with Crippen molar-refractivity contribution in [2.24, 2.45) is 0 Å². The van der Waals surface area contributed by atoms with Crippen LogP contribution >= 0.6 is 0 Å². The summed E-state index contributed by atoms with van der Waals surface area (Å²) in [4.78, 5) is 28.7. The summed E-state index contributed by atoms with van der Waals surface area (Å²) in [5.74, 6) is -1.51. The Bertz CT molecular complexity index is 709. The van der Waals surface area contributed by atoms with Crippen molar-refractivity contribution in [1.82, 2.24) is 14.4 Å². The number of fused-ring (bicyclic) bond motifs is 2. The minimum atomic E-state index is -0.887. The van der Waals surface area contributed by atoms with E-state index in [2.05, 4.69) is 4.90 Å². The first-order valence-electron chi connectivity index (χ1n) is 7.73. The molecule has 3 aliphatic rings. The predicted octanol–water partition coefficient (Wildman–Crippen LogP) is 0.298. The first kappa shape index (κ1) is 13.6. The van der Waals surface area contributed by atoms with Crippen LogP contribution in [0.5, 0.6) is 11.5 Å². The number of aromatic nitrogens is 1. The zero-order valence-corrected chi connectivity index (χ0v) is 12.4. The molecule has 2 fully saturated rings. The molecule has 1 saturated carbocycles. The van der Waals surface area contributed by atoms with E-state index in [0.717, 1.165) is 25.8 Å². The second-order valence-corrected chi connectivity index (χ2v) is 6.49. The highest BCUT2D eigenvalue weighted by molar-refractivity contribution is 5.96. The van der Waals surface area contributed by atoms with Gasteiger partial charge in [-0.25, -0.2) is 0 Å². The van der Waals surface area contributed by atoms with Gasteiger partial charge in [-0.2, -0.15) is 0 Å². The molecule has 22 heavy (non-hydrogen) atoms. The maximum Gasteiger partial charge on any atom is 0.276 e. The lowest BCUT2D eigenvalue weighted by molar-refractivity contribution is -0.0363. The Labute approximate surface area is 127 Å². The molecule has 0 bridgehead atoms. The minimum Gasteiger partial charge on any atom is -0.503 e. The average Bonchev–Trinajstić information content (AvgIpc) is 3.29. The molecule has 2 N–H and O–H groups in total. The summed E-state index contributed by atoms with van der Waals surface area (Å²) in [6.07, 6.45) is 4.39. The average molecular weight is 305 g/mol. The number of pyridine rings is 1. The second kappa shape index (κ2) is 4.49. The van der Waals surface area contributed by atoms with E-state index < -0.39 is 16.9 Å². The highest BCUT2D eigenvalue weighted by Crippen LogP contribution is 2.37. The zero-order valence-electron chi connectivity index (χ0n) is 12.4. The zero-order chi connectivity index (χ0) is 15.6. The van der Waals surface area contributed by atoms with Crippen molar-refractivity contribution < 1.29 is 15.0 Å². The van der Waals surface area contributed by atoms with Crippen molar-refractivity contribution in [3.63, 3.8) is 0 Å². The number of carbonyl (C=O) groups is 1. The molecular weight excluding hydrogens is 286 g/mol. The number of hydrogen-bond acceptors (Lipinski definition) is 5. The van der Waals surface area contributed by atoms with Crippen LogP contribution in [0, 0.1) is 0 Å². The summed E-state index contributed by atoms with van der Waals surface area (Å²) in [5.41, 5.74) is -0.898. The molecule has 1 aromatic rings. The topological polar surface area (TPSA) is 86.0 Å². The molecule has 4 rings (SSSR count). The highest BCUT2D eigenvalue weighted by Gasteiger charge is 2.47. The summed E-state index contributed by atoms with van der Waals surface area (Å²) in [5, 5.41) is 19.7. The van der Waals surface area contributed by atoms with Crippen molar-refractivity contribution in [3.8, 4) is 11.5 Å². The standard InChI is InChI=1S/C15H19N3O4/c1-8-4-5-17(9-2-3-9)11-7-16-6-10(19)13(20)14(21)12(16)15(22)18(8)11/h6,8-9,11,19,21H,2-5,7H2,1H3/t8-,11-/m0/s1. The Morgan fingerprint density at radius 2 is 1.91 bits per heavy atom. The SMILES string of the molecule is C[C@H]1CCN(C2CC2)[C@@H]2Cn3cc(O)c(=O)c(O)c3C(=O)N12. The number of rotatable bonds is 1. The maximum atomic E-state index is 12.8. The molecule has 3 heterocycles. The largest absolute Gasteiger partial charge is 0.503 e.